The van der Waals surface area contributed by atoms with Crippen LogP contribution in [0.4, 0.5) is 39.5 Å². The van der Waals surface area contributed by atoms with Crippen LogP contribution in [0.2, 0.25) is 0 Å². The highest BCUT2D eigenvalue weighted by atomic mass is 19.4. The smallest absolute Gasteiger partial charge is 0.460 e. The minimum Gasteiger partial charge on any atom is -0.465 e. The second kappa shape index (κ2) is 9.61. The summed E-state index contributed by atoms with van der Waals surface area (Å²) in [4.78, 5) is 36.7. The Labute approximate surface area is 210 Å². The molecule has 4 fully saturated rings. The summed E-state index contributed by atoms with van der Waals surface area (Å²) in [5.41, 5.74) is -2.48. The van der Waals surface area contributed by atoms with Gasteiger partial charge in [-0.15, -0.1) is 0 Å². The van der Waals surface area contributed by atoms with Gasteiger partial charge in [-0.3, -0.25) is 4.79 Å². The number of carbonyl (C=O) groups is 3. The first kappa shape index (κ1) is 30.1. The number of rotatable bonds is 10. The summed E-state index contributed by atoms with van der Waals surface area (Å²) in [6.07, 6.45) is -7.56. The maximum absolute atomic E-state index is 13.8. The minimum absolute atomic E-state index is 0.0415. The maximum atomic E-state index is 13.8. The van der Waals surface area contributed by atoms with E-state index in [0.29, 0.717) is 19.3 Å². The average molecular weight is 568 g/mol. The molecular formula is C23H25F9O6. The first-order valence-electron chi connectivity index (χ1n) is 11.6. The Balaban J connectivity index is 1.65. The van der Waals surface area contributed by atoms with Crippen molar-refractivity contribution in [1.29, 1.82) is 0 Å². The molecule has 15 heteroatoms. The minimum atomic E-state index is -7.03. The van der Waals surface area contributed by atoms with Gasteiger partial charge in [0.25, 0.3) is 0 Å². The molecule has 4 rings (SSSR count). The second-order valence-electron chi connectivity index (χ2n) is 10.5. The fourth-order valence-electron chi connectivity index (χ4n) is 6.05. The number of hydrogen-bond acceptors (Lipinski definition) is 6. The molecule has 0 saturated heterocycles. The molecule has 4 aliphatic rings. The molecule has 0 aliphatic heterocycles. The van der Waals surface area contributed by atoms with Crippen LogP contribution in [0.25, 0.3) is 0 Å². The maximum Gasteiger partial charge on any atom is 0.460 e. The number of carbonyl (C=O) groups excluding carboxylic acids is 3. The largest absolute Gasteiger partial charge is 0.465 e. The number of ether oxygens (including phenoxy) is 3. The van der Waals surface area contributed by atoms with E-state index in [4.69, 9.17) is 14.2 Å². The van der Waals surface area contributed by atoms with E-state index < -0.39 is 72.5 Å². The van der Waals surface area contributed by atoms with Crippen molar-refractivity contribution in [3.05, 3.63) is 12.2 Å². The monoisotopic (exact) mass is 568 g/mol. The van der Waals surface area contributed by atoms with Gasteiger partial charge >= 0.3 is 41.9 Å². The van der Waals surface area contributed by atoms with E-state index in [0.717, 1.165) is 0 Å². The summed E-state index contributed by atoms with van der Waals surface area (Å²) in [6, 6.07) is 0. The number of hydrogen-bond donors (Lipinski definition) is 0. The van der Waals surface area contributed by atoms with Crippen LogP contribution in [0, 0.1) is 17.3 Å². The van der Waals surface area contributed by atoms with Crippen LogP contribution < -0.4 is 0 Å². The molecule has 4 bridgehead atoms. The van der Waals surface area contributed by atoms with Crippen molar-refractivity contribution in [3.8, 4) is 0 Å². The van der Waals surface area contributed by atoms with E-state index >= 15 is 0 Å². The normalized spacial score (nSPS) is 29.1. The first-order valence-corrected chi connectivity index (χ1v) is 11.6. The standard InChI is InChI=1S/C23H25F9O6/c1-12(2)16(34)37-10-15(33)38-19-8-13-5-14(9-19)7-18(6-13,11-19)17(35)36-4-3-20(24,25)21(26,27)22(28,29)23(30,31)32/h13-14H,1,3-11H2,2H3. The van der Waals surface area contributed by atoms with Crippen LogP contribution in [0.1, 0.15) is 51.9 Å². The molecule has 216 valence electrons. The van der Waals surface area contributed by atoms with Gasteiger partial charge in [-0.1, -0.05) is 6.58 Å². The highest BCUT2D eigenvalue weighted by molar-refractivity contribution is 5.88. The lowest BCUT2D eigenvalue weighted by Crippen LogP contribution is -2.61. The topological polar surface area (TPSA) is 78.9 Å². The molecule has 0 N–H and O–H groups in total. The van der Waals surface area contributed by atoms with E-state index in [1.165, 1.54) is 6.92 Å². The van der Waals surface area contributed by atoms with Gasteiger partial charge in [0.1, 0.15) is 5.60 Å². The molecule has 0 aromatic carbocycles. The summed E-state index contributed by atoms with van der Waals surface area (Å²) in [7, 11) is 0. The molecule has 0 amide bonds. The number of alkyl halides is 9. The van der Waals surface area contributed by atoms with Crippen LogP contribution in [-0.4, -0.2) is 60.7 Å². The summed E-state index contributed by atoms with van der Waals surface area (Å²) in [5.74, 6) is -22.8. The van der Waals surface area contributed by atoms with E-state index in [9.17, 15) is 53.9 Å². The van der Waals surface area contributed by atoms with Gasteiger partial charge in [0.15, 0.2) is 6.61 Å². The Morgan fingerprint density at radius 1 is 0.868 bits per heavy atom. The fraction of sp³-hybridized carbons (Fsp3) is 0.783. The van der Waals surface area contributed by atoms with Crippen LogP contribution in [0.5, 0.6) is 0 Å². The molecule has 6 nitrogen and oxygen atoms in total. The predicted molar refractivity (Wildman–Crippen MR) is 108 cm³/mol. The fourth-order valence-corrected chi connectivity index (χ4v) is 6.05. The van der Waals surface area contributed by atoms with Gasteiger partial charge in [0.05, 0.1) is 18.4 Å². The summed E-state index contributed by atoms with van der Waals surface area (Å²) < 4.78 is 133. The Bertz CT molecular complexity index is 976. The molecule has 2 unspecified atom stereocenters. The average Bonchev–Trinajstić information content (AvgIpc) is 2.74. The molecule has 0 spiro atoms. The third-order valence-electron chi connectivity index (χ3n) is 7.30. The van der Waals surface area contributed by atoms with Crippen molar-refractivity contribution in [2.24, 2.45) is 17.3 Å². The number of halogens is 9. The molecule has 2 atom stereocenters. The SMILES string of the molecule is C=C(C)C(=O)OCC(=O)OC12CC3CC(C1)CC(C(=O)OCCC(F)(F)C(F)(F)C(F)(F)C(F)(F)F)(C3)C2. The zero-order valence-electron chi connectivity index (χ0n) is 20.1. The zero-order valence-corrected chi connectivity index (χ0v) is 20.1. The Kier molecular flexibility index (Phi) is 7.61. The van der Waals surface area contributed by atoms with Gasteiger partial charge in [-0.2, -0.15) is 39.5 Å². The van der Waals surface area contributed by atoms with Gasteiger partial charge in [-0.05, 0) is 50.9 Å². The second-order valence-corrected chi connectivity index (χ2v) is 10.5. The van der Waals surface area contributed by atoms with Gasteiger partial charge in [0, 0.05) is 12.0 Å². The van der Waals surface area contributed by atoms with Crippen molar-refractivity contribution >= 4 is 17.9 Å². The lowest BCUT2D eigenvalue weighted by Gasteiger charge is -2.59. The van der Waals surface area contributed by atoms with Crippen molar-refractivity contribution in [1.82, 2.24) is 0 Å². The predicted octanol–water partition coefficient (Wildman–Crippen LogP) is 5.39. The van der Waals surface area contributed by atoms with Gasteiger partial charge in [0.2, 0.25) is 0 Å². The van der Waals surface area contributed by atoms with Gasteiger partial charge < -0.3 is 14.2 Å². The van der Waals surface area contributed by atoms with Crippen LogP contribution >= 0.6 is 0 Å². The summed E-state index contributed by atoms with van der Waals surface area (Å²) >= 11 is 0. The summed E-state index contributed by atoms with van der Waals surface area (Å²) in [5, 5.41) is 0. The highest BCUT2D eigenvalue weighted by Gasteiger charge is 2.81. The molecular weight excluding hydrogens is 543 g/mol. The third kappa shape index (κ3) is 5.33. The van der Waals surface area contributed by atoms with E-state index in [2.05, 4.69) is 6.58 Å². The molecule has 0 aromatic rings. The lowest BCUT2D eigenvalue weighted by molar-refractivity contribution is -0.397. The van der Waals surface area contributed by atoms with Crippen LogP contribution in [0.15, 0.2) is 12.2 Å². The lowest BCUT2D eigenvalue weighted by atomic mass is 9.48. The molecule has 4 aliphatic carbocycles. The molecule has 0 heterocycles. The Morgan fingerprint density at radius 3 is 1.92 bits per heavy atom. The van der Waals surface area contributed by atoms with Crippen molar-refractivity contribution in [2.45, 2.75) is 81.4 Å². The summed E-state index contributed by atoms with van der Waals surface area (Å²) in [6.45, 7) is 2.45. The van der Waals surface area contributed by atoms with Crippen LogP contribution in [0.3, 0.4) is 0 Å². The Morgan fingerprint density at radius 2 is 1.42 bits per heavy atom. The van der Waals surface area contributed by atoms with Crippen molar-refractivity contribution in [2.75, 3.05) is 13.2 Å². The molecule has 4 saturated carbocycles. The number of esters is 3. The molecule has 0 aromatic heterocycles. The van der Waals surface area contributed by atoms with Gasteiger partial charge in [-0.25, -0.2) is 9.59 Å². The van der Waals surface area contributed by atoms with E-state index in [1.807, 2.05) is 0 Å². The van der Waals surface area contributed by atoms with Crippen LogP contribution in [-0.2, 0) is 28.6 Å². The van der Waals surface area contributed by atoms with E-state index in [-0.39, 0.29) is 36.7 Å². The third-order valence-corrected chi connectivity index (χ3v) is 7.30. The first-order chi connectivity index (χ1) is 17.2. The molecule has 38 heavy (non-hydrogen) atoms. The quantitative estimate of drug-likeness (QED) is 0.152. The highest BCUT2D eigenvalue weighted by Crippen LogP contribution is 2.63. The van der Waals surface area contributed by atoms with Crippen molar-refractivity contribution in [3.63, 3.8) is 0 Å². The van der Waals surface area contributed by atoms with E-state index in [1.54, 1.807) is 0 Å². The van der Waals surface area contributed by atoms with Crippen molar-refractivity contribution < 1.29 is 68.1 Å². The molecule has 0 radical (unpaired) electrons. The zero-order chi connectivity index (χ0) is 28.9. The Hall–Kier alpha value is -2.48.